The van der Waals surface area contributed by atoms with Crippen LogP contribution in [0.25, 0.3) is 0 Å². The molecule has 0 fully saturated rings. The summed E-state index contributed by atoms with van der Waals surface area (Å²) in [6, 6.07) is 8.95. The van der Waals surface area contributed by atoms with Crippen molar-refractivity contribution in [3.63, 3.8) is 0 Å². The van der Waals surface area contributed by atoms with E-state index >= 15 is 0 Å². The third-order valence-corrected chi connectivity index (χ3v) is 6.84. The molecule has 3 aromatic rings. The minimum Gasteiger partial charge on any atom is -0.487 e. The fourth-order valence-electron chi connectivity index (χ4n) is 3.30. The van der Waals surface area contributed by atoms with Crippen molar-refractivity contribution >= 4 is 37.9 Å². The van der Waals surface area contributed by atoms with Crippen LogP contribution >= 0.6 is 11.3 Å². The number of nitrogens with one attached hydrogen (secondary N) is 1. The molecule has 0 saturated heterocycles. The standard InChI is InChI=1S/C20H15F3N4O3S2/c1-12-11-27(16-4-2-14(20(21,22)23)8-13(16)10-24)17-5-3-15(9-18(17)30-12)32(28,29)26-19-25-6-7-31-19/h2-9,12H,11H2,1H3,(H,25,26)/t12-/m0/s1. The summed E-state index contributed by atoms with van der Waals surface area (Å²) in [5.74, 6) is 0.231. The molecule has 1 aliphatic rings. The van der Waals surface area contributed by atoms with Gasteiger partial charge >= 0.3 is 6.18 Å². The van der Waals surface area contributed by atoms with Gasteiger partial charge in [-0.2, -0.15) is 18.4 Å². The van der Waals surface area contributed by atoms with Gasteiger partial charge in [0.1, 0.15) is 17.9 Å². The smallest absolute Gasteiger partial charge is 0.416 e. The zero-order valence-electron chi connectivity index (χ0n) is 16.4. The van der Waals surface area contributed by atoms with E-state index < -0.39 is 27.9 Å². The largest absolute Gasteiger partial charge is 0.487 e. The van der Waals surface area contributed by atoms with Crippen LogP contribution in [0, 0.1) is 11.3 Å². The van der Waals surface area contributed by atoms with Gasteiger partial charge in [-0.05, 0) is 37.3 Å². The number of fused-ring (bicyclic) bond motifs is 1. The fraction of sp³-hybridized carbons (Fsp3) is 0.200. The average molecular weight is 480 g/mol. The Morgan fingerprint density at radius 3 is 2.66 bits per heavy atom. The number of benzene rings is 2. The highest BCUT2D eigenvalue weighted by molar-refractivity contribution is 7.93. The van der Waals surface area contributed by atoms with Crippen LogP contribution in [0.1, 0.15) is 18.1 Å². The quantitative estimate of drug-likeness (QED) is 0.579. The number of nitriles is 1. The van der Waals surface area contributed by atoms with Crippen molar-refractivity contribution < 1.29 is 26.3 Å². The number of hydrogen-bond acceptors (Lipinski definition) is 7. The molecule has 0 spiro atoms. The van der Waals surface area contributed by atoms with E-state index in [1.807, 2.05) is 6.07 Å². The Labute approximate surface area is 185 Å². The number of halogens is 3. The van der Waals surface area contributed by atoms with Crippen LogP contribution in [-0.2, 0) is 16.2 Å². The van der Waals surface area contributed by atoms with Crippen molar-refractivity contribution in [2.75, 3.05) is 16.2 Å². The summed E-state index contributed by atoms with van der Waals surface area (Å²) >= 11 is 1.13. The number of aromatic nitrogens is 1. The number of thiazole rings is 1. The van der Waals surface area contributed by atoms with Gasteiger partial charge in [0.05, 0.1) is 33.9 Å². The van der Waals surface area contributed by atoms with Crippen molar-refractivity contribution in [1.29, 1.82) is 5.26 Å². The lowest BCUT2D eigenvalue weighted by Gasteiger charge is -2.35. The molecule has 0 aliphatic carbocycles. The second kappa shape index (κ2) is 7.99. The molecule has 0 radical (unpaired) electrons. The third-order valence-electron chi connectivity index (χ3n) is 4.69. The van der Waals surface area contributed by atoms with Gasteiger partial charge in [0.15, 0.2) is 5.13 Å². The van der Waals surface area contributed by atoms with Gasteiger partial charge < -0.3 is 9.64 Å². The van der Waals surface area contributed by atoms with Crippen molar-refractivity contribution in [2.45, 2.75) is 24.1 Å². The Morgan fingerprint density at radius 1 is 1.25 bits per heavy atom. The minimum atomic E-state index is -4.58. The molecule has 0 amide bonds. The minimum absolute atomic E-state index is 0.0616. The van der Waals surface area contributed by atoms with Crippen molar-refractivity contribution in [3.8, 4) is 11.8 Å². The normalized spacial score (nSPS) is 16.1. The Hall–Kier alpha value is -3.30. The lowest BCUT2D eigenvalue weighted by molar-refractivity contribution is -0.137. The maximum Gasteiger partial charge on any atom is 0.416 e. The molecular formula is C20H15F3N4O3S2. The van der Waals surface area contributed by atoms with E-state index in [1.54, 1.807) is 17.2 Å². The zero-order chi connectivity index (χ0) is 23.1. The second-order valence-corrected chi connectivity index (χ2v) is 9.53. The number of nitrogens with zero attached hydrogens (tertiary/aromatic N) is 3. The van der Waals surface area contributed by atoms with Gasteiger partial charge in [0.2, 0.25) is 0 Å². The van der Waals surface area contributed by atoms with Gasteiger partial charge in [-0.1, -0.05) is 0 Å². The molecular weight excluding hydrogens is 465 g/mol. The van der Waals surface area contributed by atoms with Crippen LogP contribution in [0.15, 0.2) is 52.9 Å². The van der Waals surface area contributed by atoms with E-state index in [-0.39, 0.29) is 33.6 Å². The van der Waals surface area contributed by atoms with Crippen LogP contribution in [0.3, 0.4) is 0 Å². The number of alkyl halides is 3. The van der Waals surface area contributed by atoms with Crippen molar-refractivity contribution in [1.82, 2.24) is 4.98 Å². The molecule has 2 heterocycles. The molecule has 0 unspecified atom stereocenters. The first-order valence-electron chi connectivity index (χ1n) is 9.20. The van der Waals surface area contributed by atoms with E-state index in [1.165, 1.54) is 30.5 Å². The Bertz CT molecular complexity index is 1300. The molecule has 1 atom stereocenters. The van der Waals surface area contributed by atoms with Crippen LogP contribution < -0.4 is 14.4 Å². The Balaban J connectivity index is 1.74. The molecule has 1 N–H and O–H groups in total. The number of anilines is 3. The van der Waals surface area contributed by atoms with Crippen molar-refractivity contribution in [2.24, 2.45) is 0 Å². The molecule has 166 valence electrons. The summed E-state index contributed by atoms with van der Waals surface area (Å²) in [4.78, 5) is 5.48. The summed E-state index contributed by atoms with van der Waals surface area (Å²) in [5.41, 5.74) is -0.364. The molecule has 7 nitrogen and oxygen atoms in total. The highest BCUT2D eigenvalue weighted by atomic mass is 32.2. The van der Waals surface area contributed by atoms with Crippen LogP contribution in [0.2, 0.25) is 0 Å². The van der Waals surface area contributed by atoms with E-state index in [2.05, 4.69) is 9.71 Å². The van der Waals surface area contributed by atoms with E-state index in [0.717, 1.165) is 23.5 Å². The summed E-state index contributed by atoms with van der Waals surface area (Å²) in [5, 5.41) is 11.3. The van der Waals surface area contributed by atoms with E-state index in [0.29, 0.717) is 5.69 Å². The zero-order valence-corrected chi connectivity index (χ0v) is 18.1. The predicted octanol–water partition coefficient (Wildman–Crippen LogP) is 4.75. The molecule has 12 heteroatoms. The summed E-state index contributed by atoms with van der Waals surface area (Å²) in [6.07, 6.45) is -3.52. The number of rotatable bonds is 4. The van der Waals surface area contributed by atoms with Gasteiger partial charge in [-0.25, -0.2) is 13.4 Å². The maximum absolute atomic E-state index is 13.1. The lowest BCUT2D eigenvalue weighted by atomic mass is 10.1. The van der Waals surface area contributed by atoms with Gasteiger partial charge in [-0.15, -0.1) is 11.3 Å². The summed E-state index contributed by atoms with van der Waals surface area (Å²) in [7, 11) is -3.93. The summed E-state index contributed by atoms with van der Waals surface area (Å²) in [6.45, 7) is 2.00. The highest BCUT2D eigenvalue weighted by Gasteiger charge is 2.33. The predicted molar refractivity (Wildman–Crippen MR) is 113 cm³/mol. The molecule has 0 bridgehead atoms. The summed E-state index contributed by atoms with van der Waals surface area (Å²) < 4.78 is 72.7. The monoisotopic (exact) mass is 480 g/mol. The lowest BCUT2D eigenvalue weighted by Crippen LogP contribution is -2.35. The molecule has 1 aromatic heterocycles. The Morgan fingerprint density at radius 2 is 2.00 bits per heavy atom. The third kappa shape index (κ3) is 4.21. The molecule has 2 aromatic carbocycles. The molecule has 1 aliphatic heterocycles. The topological polar surface area (TPSA) is 95.3 Å². The average Bonchev–Trinajstić information content (AvgIpc) is 3.23. The number of hydrogen-bond donors (Lipinski definition) is 1. The first kappa shape index (κ1) is 21.9. The van der Waals surface area contributed by atoms with Gasteiger partial charge in [0.25, 0.3) is 10.0 Å². The van der Waals surface area contributed by atoms with E-state index in [4.69, 9.17) is 4.74 Å². The molecule has 32 heavy (non-hydrogen) atoms. The van der Waals surface area contributed by atoms with Crippen LogP contribution in [0.5, 0.6) is 5.75 Å². The maximum atomic E-state index is 13.1. The van der Waals surface area contributed by atoms with Gasteiger partial charge in [0, 0.05) is 17.6 Å². The second-order valence-electron chi connectivity index (χ2n) is 6.95. The first-order chi connectivity index (χ1) is 15.1. The Kier molecular flexibility index (Phi) is 5.47. The molecule has 0 saturated carbocycles. The number of ether oxygens (including phenoxy) is 1. The van der Waals surface area contributed by atoms with E-state index in [9.17, 15) is 26.9 Å². The van der Waals surface area contributed by atoms with Crippen LogP contribution in [-0.4, -0.2) is 26.1 Å². The fourth-order valence-corrected chi connectivity index (χ4v) is 5.11. The van der Waals surface area contributed by atoms with Crippen molar-refractivity contribution in [3.05, 3.63) is 59.1 Å². The molecule has 4 rings (SSSR count). The SMILES string of the molecule is C[C@H]1CN(c2ccc(C(F)(F)F)cc2C#N)c2ccc(S(=O)(=O)Nc3nccs3)cc2O1. The highest BCUT2D eigenvalue weighted by Crippen LogP contribution is 2.42. The first-order valence-corrected chi connectivity index (χ1v) is 11.6. The van der Waals surface area contributed by atoms with Gasteiger partial charge in [-0.3, -0.25) is 4.72 Å². The van der Waals surface area contributed by atoms with Crippen LogP contribution in [0.4, 0.5) is 29.7 Å². The number of sulfonamides is 1.